The third-order valence-corrected chi connectivity index (χ3v) is 9.90. The third-order valence-electron chi connectivity index (χ3n) is 9.90. The molecule has 0 saturated carbocycles. The summed E-state index contributed by atoms with van der Waals surface area (Å²) in [5, 5.41) is 15.0. The van der Waals surface area contributed by atoms with Crippen molar-refractivity contribution >= 4 is 27.6 Å². The van der Waals surface area contributed by atoms with Crippen molar-refractivity contribution in [1.82, 2.24) is 25.2 Å². The second-order valence-corrected chi connectivity index (χ2v) is 12.4. The zero-order valence-electron chi connectivity index (χ0n) is 23.7. The molecule has 10 heteroatoms. The van der Waals surface area contributed by atoms with Gasteiger partial charge in [0, 0.05) is 42.3 Å². The molecule has 2 bridgehead atoms. The molecular weight excluding hydrogens is 550 g/mol. The molecule has 4 aliphatic heterocycles. The van der Waals surface area contributed by atoms with E-state index in [0.29, 0.717) is 40.8 Å². The van der Waals surface area contributed by atoms with Gasteiger partial charge in [-0.05, 0) is 80.8 Å². The lowest BCUT2D eigenvalue weighted by atomic mass is 9.94. The number of piperazine rings is 1. The Hall–Kier alpha value is -4.07. The number of pyridine rings is 1. The number of anilines is 1. The van der Waals surface area contributed by atoms with Crippen LogP contribution in [0.25, 0.3) is 32.9 Å². The van der Waals surface area contributed by atoms with Crippen molar-refractivity contribution < 1.29 is 18.6 Å². The quantitative estimate of drug-likeness (QED) is 0.326. The molecule has 43 heavy (non-hydrogen) atoms. The van der Waals surface area contributed by atoms with E-state index in [0.717, 1.165) is 64.7 Å². The van der Waals surface area contributed by atoms with Crippen LogP contribution < -0.4 is 15.0 Å². The largest absolute Gasteiger partial charge is 0.508 e. The van der Waals surface area contributed by atoms with Crippen LogP contribution in [0.1, 0.15) is 44.1 Å². The summed E-state index contributed by atoms with van der Waals surface area (Å²) in [5.74, 6) is 1.59. The van der Waals surface area contributed by atoms with Gasteiger partial charge in [0.25, 0.3) is 0 Å². The number of hydrogen-bond donors (Lipinski definition) is 2. The lowest BCUT2D eigenvalue weighted by molar-refractivity contribution is 0.108. The molecule has 0 radical (unpaired) electrons. The third kappa shape index (κ3) is 4.28. The molecule has 0 amide bonds. The number of phenols is 1. The van der Waals surface area contributed by atoms with Gasteiger partial charge in [0.15, 0.2) is 11.6 Å². The topological polar surface area (TPSA) is 86.6 Å². The Balaban J connectivity index is 1.28. The first-order valence-electron chi connectivity index (χ1n) is 15.1. The molecule has 2 aromatic heterocycles. The van der Waals surface area contributed by atoms with Crippen molar-refractivity contribution in [3.63, 3.8) is 0 Å². The highest BCUT2D eigenvalue weighted by Gasteiger charge is 2.45. The van der Waals surface area contributed by atoms with Crippen LogP contribution in [0, 0.1) is 24.0 Å². The number of nitrogens with one attached hydrogen (secondary N) is 1. The van der Waals surface area contributed by atoms with E-state index < -0.39 is 11.6 Å². The van der Waals surface area contributed by atoms with Gasteiger partial charge >= 0.3 is 6.01 Å². The van der Waals surface area contributed by atoms with Gasteiger partial charge in [-0.2, -0.15) is 9.97 Å². The Kier molecular flexibility index (Phi) is 6.17. The van der Waals surface area contributed by atoms with Gasteiger partial charge in [0.2, 0.25) is 0 Å². The van der Waals surface area contributed by atoms with E-state index in [2.05, 4.69) is 26.0 Å². The Bertz CT molecular complexity index is 1800. The van der Waals surface area contributed by atoms with E-state index in [-0.39, 0.29) is 39.5 Å². The van der Waals surface area contributed by atoms with Gasteiger partial charge in [0.05, 0.1) is 11.1 Å². The standard InChI is InChI=1S/C33H32F2N6O2/c1-2-23-26(34)8-5-19-13-22(42)14-24(27(19)23)25-15-36-30-29(28(25)35)38-32(43-18-33-9-3-11-41(33)12-4-10-33)39-31(30)40-16-20-6-7-21(17-40)37-20/h1,5,8,13-15,20-21,37,42H,3-4,6-7,9-12,16-18H2. The molecule has 2 aromatic carbocycles. The molecule has 8 rings (SSSR count). The predicted octanol–water partition coefficient (Wildman–Crippen LogP) is 4.76. The Labute approximate surface area is 248 Å². The molecule has 4 saturated heterocycles. The van der Waals surface area contributed by atoms with Gasteiger partial charge in [-0.3, -0.25) is 4.90 Å². The first-order valence-corrected chi connectivity index (χ1v) is 15.1. The van der Waals surface area contributed by atoms with E-state index in [4.69, 9.17) is 21.1 Å². The average Bonchev–Trinajstić information content (AvgIpc) is 3.69. The number of hydrogen-bond acceptors (Lipinski definition) is 8. The Morgan fingerprint density at radius 1 is 1.05 bits per heavy atom. The number of ether oxygens (including phenoxy) is 1. The number of phenolic OH excluding ortho intramolecular Hbond substituents is 1. The normalized spacial score (nSPS) is 22.8. The number of aromatic nitrogens is 3. The zero-order valence-corrected chi connectivity index (χ0v) is 23.7. The summed E-state index contributed by atoms with van der Waals surface area (Å²) >= 11 is 0. The highest BCUT2D eigenvalue weighted by atomic mass is 19.1. The maximum absolute atomic E-state index is 16.7. The highest BCUT2D eigenvalue weighted by molar-refractivity contribution is 6.03. The van der Waals surface area contributed by atoms with Gasteiger partial charge < -0.3 is 20.1 Å². The molecule has 220 valence electrons. The minimum absolute atomic E-state index is 0.00683. The zero-order chi connectivity index (χ0) is 29.3. The first-order chi connectivity index (χ1) is 20.9. The average molecular weight is 583 g/mol. The SMILES string of the molecule is C#Cc1c(F)ccc2cc(O)cc(-c3cnc4c(N5CC6CCC(C5)N6)nc(OCC56CCCN5CCC6)nc4c3F)c12. The Morgan fingerprint density at radius 2 is 1.81 bits per heavy atom. The molecule has 0 aliphatic carbocycles. The number of nitrogens with zero attached hydrogens (tertiary/aromatic N) is 5. The van der Waals surface area contributed by atoms with Gasteiger partial charge in [0.1, 0.15) is 29.2 Å². The summed E-state index contributed by atoms with van der Waals surface area (Å²) in [4.78, 5) is 18.8. The monoisotopic (exact) mass is 582 g/mol. The summed E-state index contributed by atoms with van der Waals surface area (Å²) in [7, 11) is 0. The molecule has 2 atom stereocenters. The van der Waals surface area contributed by atoms with Crippen LogP contribution in [-0.4, -0.2) is 75.4 Å². The van der Waals surface area contributed by atoms with Crippen molar-refractivity contribution in [3.8, 4) is 35.2 Å². The molecule has 6 heterocycles. The van der Waals surface area contributed by atoms with Crippen molar-refractivity contribution in [2.75, 3.05) is 37.7 Å². The number of terminal acetylenes is 1. The van der Waals surface area contributed by atoms with Gasteiger partial charge in [-0.15, -0.1) is 6.42 Å². The fourth-order valence-corrected chi connectivity index (χ4v) is 7.89. The van der Waals surface area contributed by atoms with E-state index in [1.165, 1.54) is 30.5 Å². The molecule has 8 nitrogen and oxygen atoms in total. The van der Waals surface area contributed by atoms with E-state index >= 15 is 4.39 Å². The number of benzene rings is 2. The van der Waals surface area contributed by atoms with Gasteiger partial charge in [-0.25, -0.2) is 13.8 Å². The van der Waals surface area contributed by atoms with E-state index in [1.807, 2.05) is 0 Å². The summed E-state index contributed by atoms with van der Waals surface area (Å²) in [6.07, 6.45) is 13.6. The highest BCUT2D eigenvalue weighted by Crippen LogP contribution is 2.41. The molecule has 2 unspecified atom stereocenters. The van der Waals surface area contributed by atoms with Gasteiger partial charge in [-0.1, -0.05) is 12.0 Å². The molecule has 4 aliphatic rings. The van der Waals surface area contributed by atoms with Crippen LogP contribution in [-0.2, 0) is 0 Å². The molecule has 4 aromatic rings. The van der Waals surface area contributed by atoms with E-state index in [1.54, 1.807) is 0 Å². The smallest absolute Gasteiger partial charge is 0.319 e. The van der Waals surface area contributed by atoms with Crippen molar-refractivity contribution in [1.29, 1.82) is 0 Å². The Morgan fingerprint density at radius 3 is 2.56 bits per heavy atom. The lowest BCUT2D eigenvalue weighted by Crippen LogP contribution is -2.51. The minimum Gasteiger partial charge on any atom is -0.508 e. The number of rotatable bonds is 5. The van der Waals surface area contributed by atoms with Crippen molar-refractivity contribution in [2.24, 2.45) is 0 Å². The molecular formula is C33H32F2N6O2. The molecule has 4 fully saturated rings. The molecule has 0 spiro atoms. The van der Waals surface area contributed by atoms with E-state index in [9.17, 15) is 9.50 Å². The van der Waals surface area contributed by atoms with Crippen LogP contribution in [0.3, 0.4) is 0 Å². The van der Waals surface area contributed by atoms with Crippen LogP contribution >= 0.6 is 0 Å². The fourth-order valence-electron chi connectivity index (χ4n) is 7.89. The maximum Gasteiger partial charge on any atom is 0.319 e. The number of halogens is 2. The van der Waals surface area contributed by atoms with Crippen LogP contribution in [0.15, 0.2) is 30.5 Å². The fraction of sp³-hybridized carbons (Fsp3) is 0.424. The molecule has 2 N–H and O–H groups in total. The maximum atomic E-state index is 16.7. The van der Waals surface area contributed by atoms with Crippen LogP contribution in [0.5, 0.6) is 11.8 Å². The lowest BCUT2D eigenvalue weighted by Gasteiger charge is -2.34. The predicted molar refractivity (Wildman–Crippen MR) is 160 cm³/mol. The summed E-state index contributed by atoms with van der Waals surface area (Å²) in [6.45, 7) is 4.04. The van der Waals surface area contributed by atoms with Crippen LogP contribution in [0.4, 0.5) is 14.6 Å². The van der Waals surface area contributed by atoms with Crippen LogP contribution in [0.2, 0.25) is 0 Å². The first kappa shape index (κ1) is 26.5. The summed E-state index contributed by atoms with van der Waals surface area (Å²) < 4.78 is 37.9. The number of aromatic hydroxyl groups is 1. The number of fused-ring (bicyclic) bond motifs is 5. The van der Waals surface area contributed by atoms with Crippen molar-refractivity contribution in [3.05, 3.63) is 47.7 Å². The minimum atomic E-state index is -0.655. The summed E-state index contributed by atoms with van der Waals surface area (Å²) in [6, 6.07) is 6.40. The second-order valence-electron chi connectivity index (χ2n) is 12.4. The van der Waals surface area contributed by atoms with Crippen molar-refractivity contribution in [2.45, 2.75) is 56.1 Å². The second kappa shape index (κ2) is 10.00. The summed E-state index contributed by atoms with van der Waals surface area (Å²) in [5.41, 5.74) is 0.621.